The minimum absolute atomic E-state index is 1.13. The molecule has 2 heterocycles. The Bertz CT molecular complexity index is 2040. The van der Waals surface area contributed by atoms with Gasteiger partial charge in [-0.15, -0.1) is 11.3 Å². The van der Waals surface area contributed by atoms with Gasteiger partial charge in [-0.3, -0.25) is 0 Å². The van der Waals surface area contributed by atoms with E-state index < -0.39 is 0 Å². The zero-order valence-electron chi connectivity index (χ0n) is 24.1. The molecular formula is C42H29NS. The lowest BCUT2D eigenvalue weighted by Crippen LogP contribution is -1.87. The first-order chi connectivity index (χ1) is 21.8. The molecule has 0 aliphatic heterocycles. The number of rotatable bonds is 6. The fraction of sp³-hybridized carbons (Fsp3) is 0. The van der Waals surface area contributed by atoms with Crippen molar-refractivity contribution in [1.82, 2.24) is 4.98 Å². The lowest BCUT2D eigenvalue weighted by atomic mass is 9.92. The van der Waals surface area contributed by atoms with E-state index in [-0.39, 0.29) is 0 Å². The first-order valence-electron chi connectivity index (χ1n) is 14.9. The van der Waals surface area contributed by atoms with Crippen molar-refractivity contribution in [3.05, 3.63) is 169 Å². The van der Waals surface area contributed by atoms with Crippen molar-refractivity contribution in [2.75, 3.05) is 0 Å². The molecule has 0 atom stereocenters. The Morgan fingerprint density at radius 3 is 1.50 bits per heavy atom. The van der Waals surface area contributed by atoms with E-state index in [1.807, 2.05) is 11.3 Å². The Balaban J connectivity index is 1.28. The van der Waals surface area contributed by atoms with Crippen molar-refractivity contribution in [2.24, 2.45) is 0 Å². The SMILES string of the molecule is c1ccc(-c2c[nH]c(-c3ccc4ccc(-c5scc(-c6ccccc6)c5-c5ccccc5)cc4c3)c2-c2ccccc2)cc1. The number of hydrogen-bond acceptors (Lipinski definition) is 1. The molecule has 1 nitrogen and oxygen atoms in total. The van der Waals surface area contributed by atoms with Crippen molar-refractivity contribution in [2.45, 2.75) is 0 Å². The van der Waals surface area contributed by atoms with E-state index in [0.29, 0.717) is 0 Å². The lowest BCUT2D eigenvalue weighted by molar-refractivity contribution is 1.40. The predicted octanol–water partition coefficient (Wildman–Crippen LogP) is 12.2. The van der Waals surface area contributed by atoms with Gasteiger partial charge in [0, 0.05) is 33.3 Å². The number of aromatic amines is 1. The molecule has 0 spiro atoms. The zero-order valence-corrected chi connectivity index (χ0v) is 24.9. The molecule has 0 saturated heterocycles. The topological polar surface area (TPSA) is 15.8 Å². The maximum atomic E-state index is 3.65. The van der Waals surface area contributed by atoms with E-state index in [1.165, 1.54) is 71.3 Å². The van der Waals surface area contributed by atoms with Crippen LogP contribution in [-0.2, 0) is 0 Å². The van der Waals surface area contributed by atoms with Crippen LogP contribution >= 0.6 is 11.3 Å². The molecule has 8 rings (SSSR count). The highest BCUT2D eigenvalue weighted by atomic mass is 32.1. The standard InChI is InChI=1S/C42H29NS/c1-5-13-30(14-6-1)37-27-43-41(39(37)32-17-9-3-10-18-32)34-23-21-29-22-24-35(26-36(29)25-34)42-40(33-19-11-4-12-20-33)38(28-44-42)31-15-7-2-8-16-31/h1-28,43H. The number of H-pyrrole nitrogens is 1. The summed E-state index contributed by atoms with van der Waals surface area (Å²) in [5.41, 5.74) is 13.4. The van der Waals surface area contributed by atoms with Crippen molar-refractivity contribution >= 4 is 22.1 Å². The molecule has 0 radical (unpaired) electrons. The number of fused-ring (bicyclic) bond motifs is 1. The molecule has 1 N–H and O–H groups in total. The summed E-state index contributed by atoms with van der Waals surface area (Å²) in [7, 11) is 0. The number of nitrogens with one attached hydrogen (secondary N) is 1. The highest BCUT2D eigenvalue weighted by Crippen LogP contribution is 2.46. The van der Waals surface area contributed by atoms with Crippen LogP contribution in [0.2, 0.25) is 0 Å². The molecule has 0 aliphatic carbocycles. The molecule has 6 aromatic carbocycles. The van der Waals surface area contributed by atoms with Crippen molar-refractivity contribution < 1.29 is 0 Å². The summed E-state index contributed by atoms with van der Waals surface area (Å²) < 4.78 is 0. The van der Waals surface area contributed by atoms with Crippen LogP contribution in [0.1, 0.15) is 0 Å². The van der Waals surface area contributed by atoms with Gasteiger partial charge in [0.2, 0.25) is 0 Å². The molecular weight excluding hydrogens is 551 g/mol. The Morgan fingerprint density at radius 2 is 0.886 bits per heavy atom. The van der Waals surface area contributed by atoms with E-state index in [0.717, 1.165) is 5.69 Å². The average Bonchev–Trinajstić information content (AvgIpc) is 3.75. The highest BCUT2D eigenvalue weighted by molar-refractivity contribution is 7.14. The van der Waals surface area contributed by atoms with E-state index in [9.17, 15) is 0 Å². The van der Waals surface area contributed by atoms with Gasteiger partial charge in [-0.25, -0.2) is 0 Å². The molecule has 2 heteroatoms. The minimum Gasteiger partial charge on any atom is -0.360 e. The van der Waals surface area contributed by atoms with E-state index in [1.54, 1.807) is 0 Å². The molecule has 0 bridgehead atoms. The van der Waals surface area contributed by atoms with E-state index in [2.05, 4.69) is 174 Å². The molecule has 8 aromatic rings. The Morgan fingerprint density at radius 1 is 0.386 bits per heavy atom. The van der Waals surface area contributed by atoms with Crippen molar-refractivity contribution in [3.8, 4) is 66.2 Å². The molecule has 44 heavy (non-hydrogen) atoms. The Hall–Kier alpha value is -5.44. The molecule has 0 unspecified atom stereocenters. The first-order valence-corrected chi connectivity index (χ1v) is 15.8. The molecule has 208 valence electrons. The average molecular weight is 580 g/mol. The summed E-state index contributed by atoms with van der Waals surface area (Å²) in [4.78, 5) is 4.94. The van der Waals surface area contributed by atoms with Gasteiger partial charge in [-0.2, -0.15) is 0 Å². The van der Waals surface area contributed by atoms with Crippen LogP contribution in [0.3, 0.4) is 0 Å². The molecule has 0 fully saturated rings. The summed E-state index contributed by atoms with van der Waals surface area (Å²) in [5.74, 6) is 0. The van der Waals surface area contributed by atoms with Crippen LogP contribution in [0, 0.1) is 0 Å². The van der Waals surface area contributed by atoms with Gasteiger partial charge in [-0.1, -0.05) is 146 Å². The smallest absolute Gasteiger partial charge is 0.0540 e. The number of hydrogen-bond donors (Lipinski definition) is 1. The third kappa shape index (κ3) is 4.76. The predicted molar refractivity (Wildman–Crippen MR) is 189 cm³/mol. The highest BCUT2D eigenvalue weighted by Gasteiger charge is 2.19. The van der Waals surface area contributed by atoms with Gasteiger partial charge < -0.3 is 4.98 Å². The lowest BCUT2D eigenvalue weighted by Gasteiger charge is -2.12. The third-order valence-corrected chi connectivity index (χ3v) is 9.39. The summed E-state index contributed by atoms with van der Waals surface area (Å²) in [6.45, 7) is 0. The normalized spacial score (nSPS) is 11.2. The summed E-state index contributed by atoms with van der Waals surface area (Å²) >= 11 is 1.82. The van der Waals surface area contributed by atoms with Gasteiger partial charge in [0.05, 0.1) is 5.69 Å². The van der Waals surface area contributed by atoms with Gasteiger partial charge in [0.15, 0.2) is 0 Å². The summed E-state index contributed by atoms with van der Waals surface area (Å²) in [5, 5.41) is 4.77. The number of benzene rings is 6. The summed E-state index contributed by atoms with van der Waals surface area (Å²) in [6, 6.07) is 56.5. The van der Waals surface area contributed by atoms with Gasteiger partial charge >= 0.3 is 0 Å². The van der Waals surface area contributed by atoms with E-state index in [4.69, 9.17) is 0 Å². The third-order valence-electron chi connectivity index (χ3n) is 8.36. The van der Waals surface area contributed by atoms with Crippen LogP contribution in [0.15, 0.2) is 169 Å². The largest absolute Gasteiger partial charge is 0.360 e. The quantitative estimate of drug-likeness (QED) is 0.202. The van der Waals surface area contributed by atoms with Crippen LogP contribution < -0.4 is 0 Å². The molecule has 0 aliphatic rings. The second-order valence-corrected chi connectivity index (χ2v) is 11.9. The minimum atomic E-state index is 1.13. The fourth-order valence-electron chi connectivity index (χ4n) is 6.24. The van der Waals surface area contributed by atoms with Crippen LogP contribution in [0.25, 0.3) is 77.0 Å². The maximum absolute atomic E-state index is 3.65. The molecule has 2 aromatic heterocycles. The Labute approximate surface area is 261 Å². The zero-order chi connectivity index (χ0) is 29.3. The van der Waals surface area contributed by atoms with Gasteiger partial charge in [0.25, 0.3) is 0 Å². The van der Waals surface area contributed by atoms with Crippen LogP contribution in [0.5, 0.6) is 0 Å². The fourth-order valence-corrected chi connectivity index (χ4v) is 7.33. The monoisotopic (exact) mass is 579 g/mol. The Kier molecular flexibility index (Phi) is 6.75. The number of aromatic nitrogens is 1. The molecule has 0 amide bonds. The second kappa shape index (κ2) is 11.3. The van der Waals surface area contributed by atoms with Crippen LogP contribution in [-0.4, -0.2) is 4.98 Å². The van der Waals surface area contributed by atoms with E-state index >= 15 is 0 Å². The van der Waals surface area contributed by atoms with Gasteiger partial charge in [-0.05, 0) is 61.7 Å². The maximum Gasteiger partial charge on any atom is 0.0540 e. The summed E-state index contributed by atoms with van der Waals surface area (Å²) in [6.07, 6.45) is 2.15. The van der Waals surface area contributed by atoms with Crippen LogP contribution in [0.4, 0.5) is 0 Å². The second-order valence-electron chi connectivity index (χ2n) is 11.0. The van der Waals surface area contributed by atoms with Crippen molar-refractivity contribution in [1.29, 1.82) is 0 Å². The van der Waals surface area contributed by atoms with Crippen molar-refractivity contribution in [3.63, 3.8) is 0 Å². The first kappa shape index (κ1) is 26.2. The number of thiophene rings is 1. The molecule has 0 saturated carbocycles. The van der Waals surface area contributed by atoms with Gasteiger partial charge in [0.1, 0.15) is 0 Å².